The predicted octanol–water partition coefficient (Wildman–Crippen LogP) is 4.99. The van der Waals surface area contributed by atoms with E-state index in [0.717, 1.165) is 43.5 Å². The monoisotopic (exact) mass is 516 g/mol. The molecule has 0 aromatic carbocycles. The molecule has 2 fully saturated rings. The Morgan fingerprint density at radius 2 is 0.838 bits per heavy atom. The Morgan fingerprint density at radius 1 is 0.568 bits per heavy atom. The van der Waals surface area contributed by atoms with Crippen LogP contribution in [0.5, 0.6) is 0 Å². The highest BCUT2D eigenvalue weighted by molar-refractivity contribution is 5.48. The molecule has 0 atom stereocenters. The van der Waals surface area contributed by atoms with Crippen molar-refractivity contribution in [3.8, 4) is 0 Å². The first-order valence-corrected chi connectivity index (χ1v) is 14.3. The zero-order valence-corrected chi connectivity index (χ0v) is 26.3. The standard InChI is InChI=1S/C29H56N8/c1-19(2)37(20(3)4)25-31-23(35(13)21-15-26(5,6)33-27(7,8)16-21)30-24(32-25)36(14)22-17-28(9,10)34-29(11,12)18-22/h19-22,33-34H,15-18H2,1-14H3. The molecule has 3 heterocycles. The van der Waals surface area contributed by atoms with Crippen LogP contribution in [0, 0.1) is 0 Å². The number of hydrogen-bond donors (Lipinski definition) is 2. The molecule has 0 amide bonds. The normalized spacial score (nSPS) is 23.4. The molecule has 1 aromatic heterocycles. The van der Waals surface area contributed by atoms with E-state index in [4.69, 9.17) is 15.0 Å². The van der Waals surface area contributed by atoms with E-state index in [2.05, 4.69) is 123 Å². The van der Waals surface area contributed by atoms with Crippen molar-refractivity contribution in [3.05, 3.63) is 0 Å². The van der Waals surface area contributed by atoms with Gasteiger partial charge in [0.1, 0.15) is 0 Å². The molecule has 0 radical (unpaired) electrons. The summed E-state index contributed by atoms with van der Waals surface area (Å²) in [5.41, 5.74) is 0.184. The van der Waals surface area contributed by atoms with Gasteiger partial charge in [0.25, 0.3) is 0 Å². The lowest BCUT2D eigenvalue weighted by atomic mass is 9.79. The van der Waals surface area contributed by atoms with Crippen LogP contribution in [0.2, 0.25) is 0 Å². The topological polar surface area (TPSA) is 72.5 Å². The summed E-state index contributed by atoms with van der Waals surface area (Å²) in [6, 6.07) is 1.24. The molecule has 0 spiro atoms. The van der Waals surface area contributed by atoms with E-state index >= 15 is 0 Å². The van der Waals surface area contributed by atoms with Gasteiger partial charge in [-0.25, -0.2) is 0 Å². The Labute approximate surface area is 227 Å². The third-order valence-electron chi connectivity index (χ3n) is 8.01. The van der Waals surface area contributed by atoms with Crippen LogP contribution in [0.1, 0.15) is 109 Å². The van der Waals surface area contributed by atoms with Crippen molar-refractivity contribution in [1.82, 2.24) is 25.6 Å². The SMILES string of the molecule is CC(C)N(c1nc(N(C)C2CC(C)(C)NC(C)(C)C2)nc(N(C)C2CC(C)(C)NC(C)(C)C2)n1)C(C)C. The molecule has 2 saturated heterocycles. The largest absolute Gasteiger partial charge is 0.341 e. The number of anilines is 3. The first kappa shape index (κ1) is 29.9. The molecule has 0 saturated carbocycles. The number of piperidine rings is 2. The van der Waals surface area contributed by atoms with Gasteiger partial charge in [-0.05, 0) is 109 Å². The first-order chi connectivity index (χ1) is 16.7. The van der Waals surface area contributed by atoms with Gasteiger partial charge < -0.3 is 25.3 Å². The number of aromatic nitrogens is 3. The molecule has 2 N–H and O–H groups in total. The highest BCUT2D eigenvalue weighted by Gasteiger charge is 2.42. The van der Waals surface area contributed by atoms with Crippen LogP contribution >= 0.6 is 0 Å². The number of hydrogen-bond acceptors (Lipinski definition) is 8. The van der Waals surface area contributed by atoms with Crippen LogP contribution in [0.25, 0.3) is 0 Å². The number of nitrogens with one attached hydrogen (secondary N) is 2. The fourth-order valence-corrected chi connectivity index (χ4v) is 7.24. The Morgan fingerprint density at radius 3 is 1.11 bits per heavy atom. The van der Waals surface area contributed by atoms with Crippen molar-refractivity contribution in [2.75, 3.05) is 28.8 Å². The second-order valence-corrected chi connectivity index (χ2v) is 15.0. The van der Waals surface area contributed by atoms with E-state index in [-0.39, 0.29) is 34.2 Å². The average Bonchev–Trinajstić information content (AvgIpc) is 2.67. The maximum atomic E-state index is 5.14. The minimum atomic E-state index is 0.0460. The van der Waals surface area contributed by atoms with E-state index in [1.165, 1.54) is 0 Å². The Bertz CT molecular complexity index is 834. The van der Waals surface area contributed by atoms with Crippen molar-refractivity contribution in [3.63, 3.8) is 0 Å². The average molecular weight is 517 g/mol. The molecule has 2 aliphatic rings. The minimum absolute atomic E-state index is 0.0460. The van der Waals surface area contributed by atoms with Crippen molar-refractivity contribution >= 4 is 17.8 Å². The summed E-state index contributed by atoms with van der Waals surface area (Å²) in [5, 5.41) is 7.63. The van der Waals surface area contributed by atoms with E-state index in [1.807, 2.05) is 0 Å². The molecule has 0 unspecified atom stereocenters. The fourth-order valence-electron chi connectivity index (χ4n) is 7.24. The number of rotatable bonds is 7. The highest BCUT2D eigenvalue weighted by Crippen LogP contribution is 2.35. The van der Waals surface area contributed by atoms with E-state index in [9.17, 15) is 0 Å². The summed E-state index contributed by atoms with van der Waals surface area (Å²) in [4.78, 5) is 22.3. The number of nitrogens with zero attached hydrogens (tertiary/aromatic N) is 6. The Hall–Kier alpha value is -1.67. The summed E-state index contributed by atoms with van der Waals surface area (Å²) in [5.74, 6) is 2.30. The maximum absolute atomic E-state index is 5.14. The lowest BCUT2D eigenvalue weighted by Crippen LogP contribution is -2.62. The summed E-state index contributed by atoms with van der Waals surface area (Å²) < 4.78 is 0. The van der Waals surface area contributed by atoms with Gasteiger partial charge in [-0.3, -0.25) is 0 Å². The molecule has 212 valence electrons. The molecule has 8 heteroatoms. The van der Waals surface area contributed by atoms with Gasteiger partial charge in [-0.1, -0.05) is 0 Å². The summed E-state index contributed by atoms with van der Waals surface area (Å²) in [6.07, 6.45) is 4.14. The maximum Gasteiger partial charge on any atom is 0.232 e. The molecule has 0 bridgehead atoms. The molecule has 37 heavy (non-hydrogen) atoms. The molecule has 8 nitrogen and oxygen atoms in total. The fraction of sp³-hybridized carbons (Fsp3) is 0.897. The second-order valence-electron chi connectivity index (χ2n) is 15.0. The zero-order valence-electron chi connectivity index (χ0n) is 26.3. The third kappa shape index (κ3) is 7.25. The molecule has 1 aromatic rings. The molecule has 3 rings (SSSR count). The van der Waals surface area contributed by atoms with Crippen molar-refractivity contribution < 1.29 is 0 Å². The Balaban J connectivity index is 2.06. The highest BCUT2D eigenvalue weighted by atomic mass is 15.4. The molecule has 0 aliphatic carbocycles. The van der Waals surface area contributed by atoms with Crippen LogP contribution in [-0.4, -0.2) is 75.4 Å². The summed E-state index contributed by atoms with van der Waals surface area (Å²) >= 11 is 0. The molecule has 2 aliphatic heterocycles. The zero-order chi connectivity index (χ0) is 28.1. The van der Waals surface area contributed by atoms with Crippen LogP contribution in [0.4, 0.5) is 17.8 Å². The van der Waals surface area contributed by atoms with Crippen molar-refractivity contribution in [2.45, 2.75) is 155 Å². The third-order valence-corrected chi connectivity index (χ3v) is 8.01. The van der Waals surface area contributed by atoms with Gasteiger partial charge in [0.15, 0.2) is 0 Å². The van der Waals surface area contributed by atoms with Gasteiger partial charge in [0.05, 0.1) is 0 Å². The first-order valence-electron chi connectivity index (χ1n) is 14.3. The van der Waals surface area contributed by atoms with Crippen LogP contribution in [0.3, 0.4) is 0 Å². The van der Waals surface area contributed by atoms with Gasteiger partial charge in [-0.2, -0.15) is 15.0 Å². The van der Waals surface area contributed by atoms with Gasteiger partial charge in [0, 0.05) is 60.4 Å². The quantitative estimate of drug-likeness (QED) is 0.525. The van der Waals surface area contributed by atoms with Crippen LogP contribution in [0.15, 0.2) is 0 Å². The van der Waals surface area contributed by atoms with Crippen molar-refractivity contribution in [1.29, 1.82) is 0 Å². The minimum Gasteiger partial charge on any atom is -0.341 e. The van der Waals surface area contributed by atoms with Crippen LogP contribution in [-0.2, 0) is 0 Å². The van der Waals surface area contributed by atoms with Gasteiger partial charge in [-0.15, -0.1) is 0 Å². The Kier molecular flexibility index (Phi) is 8.19. The lowest BCUT2D eigenvalue weighted by Gasteiger charge is -2.49. The van der Waals surface area contributed by atoms with E-state index < -0.39 is 0 Å². The van der Waals surface area contributed by atoms with Crippen LogP contribution < -0.4 is 25.3 Å². The van der Waals surface area contributed by atoms with Gasteiger partial charge in [0.2, 0.25) is 17.8 Å². The smallest absolute Gasteiger partial charge is 0.232 e. The summed E-state index contributed by atoms with van der Waals surface area (Å²) in [7, 11) is 4.33. The van der Waals surface area contributed by atoms with E-state index in [0.29, 0.717) is 12.1 Å². The van der Waals surface area contributed by atoms with Gasteiger partial charge >= 0.3 is 0 Å². The molecular formula is C29H56N8. The lowest BCUT2D eigenvalue weighted by molar-refractivity contribution is 0.160. The van der Waals surface area contributed by atoms with E-state index in [1.54, 1.807) is 0 Å². The molecular weight excluding hydrogens is 460 g/mol. The summed E-state index contributed by atoms with van der Waals surface area (Å²) in [6.45, 7) is 27.2. The predicted molar refractivity (Wildman–Crippen MR) is 158 cm³/mol. The van der Waals surface area contributed by atoms with Crippen molar-refractivity contribution in [2.24, 2.45) is 0 Å². The second kappa shape index (κ2) is 10.1.